The van der Waals surface area contributed by atoms with Crippen LogP contribution >= 0.6 is 35.6 Å². The average molecular weight is 399 g/mol. The molecule has 0 unspecified atom stereocenters. The molecule has 2 aromatic carbocycles. The summed E-state index contributed by atoms with van der Waals surface area (Å²) < 4.78 is 11.2. The van der Waals surface area contributed by atoms with Crippen molar-refractivity contribution < 1.29 is 9.15 Å². The standard InChI is InChI=1S/C19H17Cl2NO2.ClH/c20-16-7-8-19(24-13-14-4-1-2-6-18(14)21)15(10-16)11-22-12-17-5-3-9-23-17;/h1-10,22H,11-13H2;1H. The Morgan fingerprint density at radius 3 is 2.52 bits per heavy atom. The van der Waals surface area contributed by atoms with Crippen LogP contribution in [0.4, 0.5) is 0 Å². The van der Waals surface area contributed by atoms with Crippen molar-refractivity contribution in [1.82, 2.24) is 5.32 Å². The van der Waals surface area contributed by atoms with E-state index in [1.165, 1.54) is 0 Å². The summed E-state index contributed by atoms with van der Waals surface area (Å²) in [5.41, 5.74) is 1.93. The predicted octanol–water partition coefficient (Wildman–Crippen LogP) is 5.88. The zero-order valence-electron chi connectivity index (χ0n) is 13.4. The van der Waals surface area contributed by atoms with Crippen molar-refractivity contribution in [2.24, 2.45) is 0 Å². The van der Waals surface area contributed by atoms with Gasteiger partial charge in [-0.2, -0.15) is 0 Å². The fourth-order valence-corrected chi connectivity index (χ4v) is 2.72. The lowest BCUT2D eigenvalue weighted by molar-refractivity contribution is 0.302. The van der Waals surface area contributed by atoms with Gasteiger partial charge in [0, 0.05) is 27.7 Å². The molecule has 1 heterocycles. The average Bonchev–Trinajstić information content (AvgIpc) is 3.09. The van der Waals surface area contributed by atoms with Crippen LogP contribution in [0.15, 0.2) is 65.3 Å². The molecule has 0 spiro atoms. The molecule has 0 amide bonds. The highest BCUT2D eigenvalue weighted by Crippen LogP contribution is 2.25. The second kappa shape index (κ2) is 9.73. The second-order valence-electron chi connectivity index (χ2n) is 5.32. The SMILES string of the molecule is Cl.Clc1ccc(OCc2ccccc2Cl)c(CNCc2ccco2)c1. The van der Waals surface area contributed by atoms with E-state index in [1.54, 1.807) is 6.26 Å². The van der Waals surface area contributed by atoms with E-state index in [0.717, 1.165) is 22.6 Å². The summed E-state index contributed by atoms with van der Waals surface area (Å²) >= 11 is 12.3. The van der Waals surface area contributed by atoms with E-state index in [2.05, 4.69) is 5.32 Å². The second-order valence-corrected chi connectivity index (χ2v) is 6.16. The normalized spacial score (nSPS) is 10.3. The summed E-state index contributed by atoms with van der Waals surface area (Å²) in [5.74, 6) is 1.67. The van der Waals surface area contributed by atoms with Crippen LogP contribution in [-0.4, -0.2) is 0 Å². The minimum absolute atomic E-state index is 0. The summed E-state index contributed by atoms with van der Waals surface area (Å²) in [7, 11) is 0. The molecule has 132 valence electrons. The third kappa shape index (κ3) is 5.68. The Labute approximate surface area is 163 Å². The number of furan rings is 1. The lowest BCUT2D eigenvalue weighted by atomic mass is 10.2. The molecular formula is C19H18Cl3NO2. The molecule has 0 aliphatic rings. The molecule has 0 bridgehead atoms. The number of rotatable bonds is 7. The predicted molar refractivity (Wildman–Crippen MR) is 104 cm³/mol. The maximum Gasteiger partial charge on any atom is 0.124 e. The summed E-state index contributed by atoms with van der Waals surface area (Å²) in [6.45, 7) is 1.68. The van der Waals surface area contributed by atoms with E-state index < -0.39 is 0 Å². The number of halogens is 3. The molecule has 25 heavy (non-hydrogen) atoms. The molecule has 0 saturated heterocycles. The maximum atomic E-state index is 6.17. The van der Waals surface area contributed by atoms with E-state index in [0.29, 0.717) is 29.7 Å². The van der Waals surface area contributed by atoms with Crippen LogP contribution in [-0.2, 0) is 19.7 Å². The van der Waals surface area contributed by atoms with Gasteiger partial charge in [0.15, 0.2) is 0 Å². The lowest BCUT2D eigenvalue weighted by Gasteiger charge is -2.13. The van der Waals surface area contributed by atoms with E-state index in [1.807, 2.05) is 54.6 Å². The third-order valence-electron chi connectivity index (χ3n) is 3.56. The van der Waals surface area contributed by atoms with Gasteiger partial charge in [0.05, 0.1) is 12.8 Å². The molecule has 1 aromatic heterocycles. The third-order valence-corrected chi connectivity index (χ3v) is 4.16. The van der Waals surface area contributed by atoms with Crippen molar-refractivity contribution in [3.05, 3.63) is 87.8 Å². The molecule has 3 rings (SSSR count). The lowest BCUT2D eigenvalue weighted by Crippen LogP contribution is -2.13. The van der Waals surface area contributed by atoms with Crippen LogP contribution in [0.2, 0.25) is 10.0 Å². The number of benzene rings is 2. The maximum absolute atomic E-state index is 6.17. The molecule has 0 atom stereocenters. The van der Waals surface area contributed by atoms with Crippen molar-refractivity contribution in [1.29, 1.82) is 0 Å². The zero-order valence-corrected chi connectivity index (χ0v) is 15.7. The quantitative estimate of drug-likeness (QED) is 0.540. The van der Waals surface area contributed by atoms with Crippen LogP contribution in [0, 0.1) is 0 Å². The van der Waals surface area contributed by atoms with Gasteiger partial charge in [-0.05, 0) is 36.4 Å². The Bertz CT molecular complexity index is 791. The van der Waals surface area contributed by atoms with Gasteiger partial charge >= 0.3 is 0 Å². The summed E-state index contributed by atoms with van der Waals surface area (Å²) in [5, 5.41) is 4.70. The van der Waals surface area contributed by atoms with Crippen molar-refractivity contribution >= 4 is 35.6 Å². The highest BCUT2D eigenvalue weighted by molar-refractivity contribution is 6.31. The van der Waals surface area contributed by atoms with E-state index in [4.69, 9.17) is 32.4 Å². The molecular weight excluding hydrogens is 381 g/mol. The smallest absolute Gasteiger partial charge is 0.124 e. The van der Waals surface area contributed by atoms with Gasteiger partial charge in [-0.1, -0.05) is 41.4 Å². The Morgan fingerprint density at radius 2 is 1.76 bits per heavy atom. The van der Waals surface area contributed by atoms with Gasteiger partial charge in [-0.3, -0.25) is 0 Å². The molecule has 6 heteroatoms. The zero-order chi connectivity index (χ0) is 16.8. The van der Waals surface area contributed by atoms with Crippen molar-refractivity contribution in [3.63, 3.8) is 0 Å². The number of hydrogen-bond donors (Lipinski definition) is 1. The molecule has 0 aliphatic carbocycles. The van der Waals surface area contributed by atoms with E-state index in [-0.39, 0.29) is 12.4 Å². The Morgan fingerprint density at radius 1 is 0.920 bits per heavy atom. The van der Waals surface area contributed by atoms with Crippen molar-refractivity contribution in [3.8, 4) is 5.75 Å². The molecule has 3 aromatic rings. The van der Waals surface area contributed by atoms with Crippen LogP contribution in [0.3, 0.4) is 0 Å². The number of ether oxygens (including phenoxy) is 1. The molecule has 0 radical (unpaired) electrons. The van der Waals surface area contributed by atoms with Gasteiger partial charge in [-0.15, -0.1) is 12.4 Å². The summed E-state index contributed by atoms with van der Waals surface area (Å²) in [4.78, 5) is 0. The Kier molecular flexibility index (Phi) is 7.66. The topological polar surface area (TPSA) is 34.4 Å². The van der Waals surface area contributed by atoms with Gasteiger partial charge < -0.3 is 14.5 Å². The largest absolute Gasteiger partial charge is 0.489 e. The summed E-state index contributed by atoms with van der Waals surface area (Å²) in [6.07, 6.45) is 1.66. The van der Waals surface area contributed by atoms with Gasteiger partial charge in [0.25, 0.3) is 0 Å². The van der Waals surface area contributed by atoms with E-state index >= 15 is 0 Å². The molecule has 0 aliphatic heterocycles. The first-order valence-corrected chi connectivity index (χ1v) is 8.36. The fraction of sp³-hybridized carbons (Fsp3) is 0.158. The molecule has 3 nitrogen and oxygen atoms in total. The highest BCUT2D eigenvalue weighted by Gasteiger charge is 2.07. The van der Waals surface area contributed by atoms with Gasteiger partial charge in [0.2, 0.25) is 0 Å². The van der Waals surface area contributed by atoms with Gasteiger partial charge in [-0.25, -0.2) is 0 Å². The number of hydrogen-bond acceptors (Lipinski definition) is 3. The Hall–Kier alpha value is -1.65. The fourth-order valence-electron chi connectivity index (χ4n) is 2.33. The van der Waals surface area contributed by atoms with Crippen LogP contribution in [0.5, 0.6) is 5.75 Å². The molecule has 0 fully saturated rings. The monoisotopic (exact) mass is 397 g/mol. The number of nitrogens with one attached hydrogen (secondary N) is 1. The first-order valence-electron chi connectivity index (χ1n) is 7.60. The van der Waals surface area contributed by atoms with Crippen molar-refractivity contribution in [2.45, 2.75) is 19.7 Å². The van der Waals surface area contributed by atoms with Gasteiger partial charge in [0.1, 0.15) is 18.1 Å². The minimum atomic E-state index is 0. The van der Waals surface area contributed by atoms with Crippen LogP contribution in [0.1, 0.15) is 16.9 Å². The first-order chi connectivity index (χ1) is 11.7. The summed E-state index contributed by atoms with van der Waals surface area (Å²) in [6, 6.07) is 17.0. The van der Waals surface area contributed by atoms with E-state index in [9.17, 15) is 0 Å². The minimum Gasteiger partial charge on any atom is -0.489 e. The highest BCUT2D eigenvalue weighted by atomic mass is 35.5. The first kappa shape index (κ1) is 19.7. The molecule has 1 N–H and O–H groups in total. The van der Waals surface area contributed by atoms with Crippen LogP contribution in [0.25, 0.3) is 0 Å². The van der Waals surface area contributed by atoms with Crippen LogP contribution < -0.4 is 10.1 Å². The van der Waals surface area contributed by atoms with Crippen molar-refractivity contribution in [2.75, 3.05) is 0 Å². The Balaban J connectivity index is 0.00000225. The molecule has 0 saturated carbocycles.